The molecule has 2 nitrogen and oxygen atoms in total. The Labute approximate surface area is 111 Å². The molecule has 0 aromatic carbocycles. The minimum atomic E-state index is -0.0159. The van der Waals surface area contributed by atoms with Gasteiger partial charge in [-0.3, -0.25) is 4.79 Å². The molecule has 1 aliphatic carbocycles. The van der Waals surface area contributed by atoms with Crippen LogP contribution in [0.1, 0.15) is 53.4 Å². The van der Waals surface area contributed by atoms with Crippen molar-refractivity contribution in [1.82, 2.24) is 0 Å². The van der Waals surface area contributed by atoms with Crippen LogP contribution < -0.4 is 0 Å². The van der Waals surface area contributed by atoms with Gasteiger partial charge in [-0.1, -0.05) is 30.2 Å². The monoisotopic (exact) mass is 250 g/mol. The molecular formula is C16H26O2. The zero-order valence-corrected chi connectivity index (χ0v) is 12.2. The Hall–Kier alpha value is -1.05. The zero-order valence-electron chi connectivity index (χ0n) is 12.2. The number of allylic oxidation sites excluding steroid dienone is 4. The number of carbonyl (C=O) groups excluding carboxylic acids is 1. The maximum absolute atomic E-state index is 11.9. The fourth-order valence-corrected chi connectivity index (χ4v) is 2.40. The minimum absolute atomic E-state index is 0.0159. The fraction of sp³-hybridized carbons (Fsp3) is 0.688. The van der Waals surface area contributed by atoms with E-state index in [1.807, 2.05) is 6.92 Å². The Bertz CT molecular complexity index is 335. The lowest BCUT2D eigenvalue weighted by molar-refractivity contribution is -0.149. The first-order valence-electron chi connectivity index (χ1n) is 7.02. The molecule has 0 radical (unpaired) electrons. The lowest BCUT2D eigenvalue weighted by Crippen LogP contribution is -2.27. The summed E-state index contributed by atoms with van der Waals surface area (Å²) >= 11 is 0. The minimum Gasteiger partial charge on any atom is -0.466 e. The summed E-state index contributed by atoms with van der Waals surface area (Å²) in [6.07, 6.45) is 8.63. The van der Waals surface area contributed by atoms with Crippen molar-refractivity contribution < 1.29 is 9.53 Å². The SMILES string of the molecule is CCOC(=O)C1CC(CCC=C(C)C)=CCC1C. The summed E-state index contributed by atoms with van der Waals surface area (Å²) in [4.78, 5) is 11.9. The smallest absolute Gasteiger partial charge is 0.309 e. The highest BCUT2D eigenvalue weighted by Gasteiger charge is 2.29. The summed E-state index contributed by atoms with van der Waals surface area (Å²) in [5.74, 6) is 0.464. The molecule has 18 heavy (non-hydrogen) atoms. The molecule has 0 amide bonds. The highest BCUT2D eigenvalue weighted by Crippen LogP contribution is 2.32. The number of carbonyl (C=O) groups is 1. The van der Waals surface area contributed by atoms with Crippen LogP contribution in [0.5, 0.6) is 0 Å². The van der Waals surface area contributed by atoms with Crippen LogP contribution in [0.4, 0.5) is 0 Å². The van der Waals surface area contributed by atoms with Crippen LogP contribution in [0.3, 0.4) is 0 Å². The number of rotatable bonds is 5. The Morgan fingerprint density at radius 3 is 2.83 bits per heavy atom. The van der Waals surface area contributed by atoms with Crippen molar-refractivity contribution in [3.63, 3.8) is 0 Å². The van der Waals surface area contributed by atoms with E-state index >= 15 is 0 Å². The summed E-state index contributed by atoms with van der Waals surface area (Å²) < 4.78 is 5.16. The van der Waals surface area contributed by atoms with Crippen LogP contribution >= 0.6 is 0 Å². The van der Waals surface area contributed by atoms with Crippen molar-refractivity contribution in [2.75, 3.05) is 6.61 Å². The van der Waals surface area contributed by atoms with Gasteiger partial charge in [-0.2, -0.15) is 0 Å². The molecule has 2 unspecified atom stereocenters. The Morgan fingerprint density at radius 2 is 2.22 bits per heavy atom. The second-order valence-electron chi connectivity index (χ2n) is 5.46. The molecule has 1 rings (SSSR count). The maximum atomic E-state index is 11.9. The van der Waals surface area contributed by atoms with Crippen LogP contribution in [0.25, 0.3) is 0 Å². The molecule has 0 saturated carbocycles. The largest absolute Gasteiger partial charge is 0.466 e. The van der Waals surface area contributed by atoms with E-state index in [2.05, 4.69) is 32.9 Å². The predicted molar refractivity (Wildman–Crippen MR) is 75.3 cm³/mol. The van der Waals surface area contributed by atoms with Crippen LogP contribution in [0, 0.1) is 11.8 Å². The quantitative estimate of drug-likeness (QED) is 0.538. The molecule has 0 aromatic heterocycles. The highest BCUT2D eigenvalue weighted by atomic mass is 16.5. The standard InChI is InChI=1S/C16H26O2/c1-5-18-16(17)15-11-14(10-9-13(15)4)8-6-7-12(2)3/h7,10,13,15H,5-6,8-9,11H2,1-4H3. The van der Waals surface area contributed by atoms with E-state index in [9.17, 15) is 4.79 Å². The van der Waals surface area contributed by atoms with E-state index in [4.69, 9.17) is 4.74 Å². The van der Waals surface area contributed by atoms with Crippen LogP contribution in [-0.4, -0.2) is 12.6 Å². The first kappa shape index (κ1) is 15.0. The molecule has 0 aromatic rings. The number of hydrogen-bond acceptors (Lipinski definition) is 2. The number of hydrogen-bond donors (Lipinski definition) is 0. The zero-order chi connectivity index (χ0) is 13.5. The second-order valence-corrected chi connectivity index (χ2v) is 5.46. The fourth-order valence-electron chi connectivity index (χ4n) is 2.40. The summed E-state index contributed by atoms with van der Waals surface area (Å²) in [5.41, 5.74) is 2.78. The molecule has 0 fully saturated rings. The van der Waals surface area contributed by atoms with Crippen LogP contribution in [0.2, 0.25) is 0 Å². The van der Waals surface area contributed by atoms with E-state index in [-0.39, 0.29) is 11.9 Å². The van der Waals surface area contributed by atoms with Crippen molar-refractivity contribution >= 4 is 5.97 Å². The van der Waals surface area contributed by atoms with Gasteiger partial charge < -0.3 is 4.74 Å². The first-order valence-corrected chi connectivity index (χ1v) is 7.02. The number of ether oxygens (including phenoxy) is 1. The first-order chi connectivity index (χ1) is 8.54. The lowest BCUT2D eigenvalue weighted by Gasteiger charge is -2.27. The van der Waals surface area contributed by atoms with Gasteiger partial charge in [0, 0.05) is 0 Å². The van der Waals surface area contributed by atoms with Gasteiger partial charge in [0.15, 0.2) is 0 Å². The van der Waals surface area contributed by atoms with Gasteiger partial charge in [0.25, 0.3) is 0 Å². The van der Waals surface area contributed by atoms with Crippen LogP contribution in [-0.2, 0) is 9.53 Å². The van der Waals surface area contributed by atoms with Gasteiger partial charge in [0.1, 0.15) is 0 Å². The molecule has 0 saturated heterocycles. The Morgan fingerprint density at radius 1 is 1.50 bits per heavy atom. The van der Waals surface area contributed by atoms with E-state index < -0.39 is 0 Å². The van der Waals surface area contributed by atoms with Crippen molar-refractivity contribution in [1.29, 1.82) is 0 Å². The third-order valence-corrected chi connectivity index (χ3v) is 3.55. The van der Waals surface area contributed by atoms with Gasteiger partial charge in [-0.15, -0.1) is 0 Å². The second kappa shape index (κ2) is 7.40. The predicted octanol–water partition coefficient (Wildman–Crippen LogP) is 4.27. The molecule has 102 valence electrons. The third kappa shape index (κ3) is 4.67. The summed E-state index contributed by atoms with van der Waals surface area (Å²) in [6.45, 7) is 8.75. The Balaban J connectivity index is 2.53. The summed E-state index contributed by atoms with van der Waals surface area (Å²) in [6, 6.07) is 0. The van der Waals surface area contributed by atoms with Gasteiger partial charge in [0.2, 0.25) is 0 Å². The Kier molecular flexibility index (Phi) is 6.17. The summed E-state index contributed by atoms with van der Waals surface area (Å²) in [5, 5.41) is 0. The normalized spacial score (nSPS) is 23.2. The molecule has 0 N–H and O–H groups in total. The maximum Gasteiger partial charge on any atom is 0.309 e. The molecule has 0 heterocycles. The average molecular weight is 250 g/mol. The molecule has 2 atom stereocenters. The van der Waals surface area contributed by atoms with Crippen LogP contribution in [0.15, 0.2) is 23.3 Å². The van der Waals surface area contributed by atoms with Crippen molar-refractivity contribution in [3.05, 3.63) is 23.3 Å². The molecule has 0 bridgehead atoms. The molecule has 2 heteroatoms. The molecular weight excluding hydrogens is 224 g/mol. The van der Waals surface area contributed by atoms with E-state index in [0.717, 1.165) is 25.7 Å². The van der Waals surface area contributed by atoms with Gasteiger partial charge in [-0.05, 0) is 52.4 Å². The van der Waals surface area contributed by atoms with Crippen molar-refractivity contribution in [2.24, 2.45) is 11.8 Å². The molecule has 0 aliphatic heterocycles. The van der Waals surface area contributed by atoms with Gasteiger partial charge in [0.05, 0.1) is 12.5 Å². The third-order valence-electron chi connectivity index (χ3n) is 3.55. The van der Waals surface area contributed by atoms with Gasteiger partial charge >= 0.3 is 5.97 Å². The van der Waals surface area contributed by atoms with E-state index in [1.54, 1.807) is 0 Å². The lowest BCUT2D eigenvalue weighted by atomic mass is 9.79. The summed E-state index contributed by atoms with van der Waals surface area (Å²) in [7, 11) is 0. The van der Waals surface area contributed by atoms with E-state index in [1.165, 1.54) is 11.1 Å². The number of esters is 1. The molecule has 1 aliphatic rings. The van der Waals surface area contributed by atoms with Crippen molar-refractivity contribution in [2.45, 2.75) is 53.4 Å². The average Bonchev–Trinajstić information content (AvgIpc) is 2.31. The molecule has 0 spiro atoms. The topological polar surface area (TPSA) is 26.3 Å². The van der Waals surface area contributed by atoms with E-state index in [0.29, 0.717) is 12.5 Å². The van der Waals surface area contributed by atoms with Crippen molar-refractivity contribution in [3.8, 4) is 0 Å². The van der Waals surface area contributed by atoms with Gasteiger partial charge in [-0.25, -0.2) is 0 Å². The highest BCUT2D eigenvalue weighted by molar-refractivity contribution is 5.73.